The summed E-state index contributed by atoms with van der Waals surface area (Å²) in [6, 6.07) is 5.67. The summed E-state index contributed by atoms with van der Waals surface area (Å²) >= 11 is 6.93. The second-order valence-electron chi connectivity index (χ2n) is 6.57. The Labute approximate surface area is 182 Å². The number of methoxy groups -OCH3 is 1. The number of ether oxygens (including phenoxy) is 2. The molecule has 30 heavy (non-hydrogen) atoms. The van der Waals surface area contributed by atoms with Gasteiger partial charge in [0.2, 0.25) is 0 Å². The summed E-state index contributed by atoms with van der Waals surface area (Å²) in [4.78, 5) is 15.3. The van der Waals surface area contributed by atoms with Crippen LogP contribution in [0.25, 0.3) is 11.0 Å². The fourth-order valence-corrected chi connectivity index (χ4v) is 4.51. The Morgan fingerprint density at radius 2 is 2.03 bits per heavy atom. The minimum Gasteiger partial charge on any atom is -0.465 e. The Hall–Kier alpha value is -2.76. The van der Waals surface area contributed by atoms with Gasteiger partial charge in [0.1, 0.15) is 5.00 Å². The van der Waals surface area contributed by atoms with Gasteiger partial charge >= 0.3 is 5.97 Å². The summed E-state index contributed by atoms with van der Waals surface area (Å²) in [6.07, 6.45) is 0.810. The molecular weight excluding hydrogens is 426 g/mol. The number of morpholine rings is 1. The molecule has 0 saturated carbocycles. The number of rotatable bonds is 5. The van der Waals surface area contributed by atoms with Gasteiger partial charge in [-0.2, -0.15) is 0 Å². The molecule has 11 heteroatoms. The fourth-order valence-electron chi connectivity index (χ4n) is 3.24. The molecule has 0 amide bonds. The lowest BCUT2D eigenvalue weighted by Gasteiger charge is -2.28. The topological polar surface area (TPSA) is 102 Å². The van der Waals surface area contributed by atoms with Crippen LogP contribution in [0.5, 0.6) is 0 Å². The quantitative estimate of drug-likeness (QED) is 0.447. The van der Waals surface area contributed by atoms with E-state index in [9.17, 15) is 4.79 Å². The van der Waals surface area contributed by atoms with E-state index in [-0.39, 0.29) is 0 Å². The van der Waals surface area contributed by atoms with Crippen LogP contribution in [-0.2, 0) is 15.9 Å². The molecule has 2 N–H and O–H groups in total. The first-order valence-corrected chi connectivity index (χ1v) is 10.7. The van der Waals surface area contributed by atoms with Gasteiger partial charge in [0, 0.05) is 18.0 Å². The van der Waals surface area contributed by atoms with E-state index < -0.39 is 5.97 Å². The van der Waals surface area contributed by atoms with Gasteiger partial charge in [0.15, 0.2) is 16.1 Å². The number of esters is 1. The molecule has 1 fully saturated rings. The normalized spacial score (nSPS) is 14.0. The minimum atomic E-state index is -0.408. The van der Waals surface area contributed by atoms with E-state index in [0.717, 1.165) is 30.1 Å². The molecule has 3 heterocycles. The average molecular weight is 448 g/mol. The van der Waals surface area contributed by atoms with E-state index in [2.05, 4.69) is 25.8 Å². The number of hydrogen-bond acceptors (Lipinski definition) is 9. The highest BCUT2D eigenvalue weighted by atomic mass is 32.1. The Bertz CT molecular complexity index is 1070. The predicted molar refractivity (Wildman–Crippen MR) is 120 cm³/mol. The molecule has 0 unspecified atom stereocenters. The van der Waals surface area contributed by atoms with Crippen LogP contribution in [0.15, 0.2) is 22.8 Å². The maximum absolute atomic E-state index is 12.1. The van der Waals surface area contributed by atoms with E-state index in [1.54, 1.807) is 0 Å². The summed E-state index contributed by atoms with van der Waals surface area (Å²) in [5.41, 5.74) is 3.30. The third-order valence-corrected chi connectivity index (χ3v) is 6.16. The van der Waals surface area contributed by atoms with E-state index >= 15 is 0 Å². The zero-order valence-electron chi connectivity index (χ0n) is 16.6. The lowest BCUT2D eigenvalue weighted by Crippen LogP contribution is -2.36. The van der Waals surface area contributed by atoms with Gasteiger partial charge < -0.3 is 25.0 Å². The van der Waals surface area contributed by atoms with E-state index in [1.165, 1.54) is 18.4 Å². The van der Waals surface area contributed by atoms with Crippen molar-refractivity contribution >= 4 is 62.0 Å². The van der Waals surface area contributed by atoms with Crippen molar-refractivity contribution in [3.63, 3.8) is 0 Å². The second-order valence-corrected chi connectivity index (χ2v) is 8.12. The molecule has 3 aromatic rings. The lowest BCUT2D eigenvalue weighted by atomic mass is 10.2. The molecule has 1 aliphatic heterocycles. The lowest BCUT2D eigenvalue weighted by molar-refractivity contribution is 0.0602. The van der Waals surface area contributed by atoms with Crippen LogP contribution in [0, 0.1) is 0 Å². The van der Waals surface area contributed by atoms with E-state index in [4.69, 9.17) is 26.3 Å². The van der Waals surface area contributed by atoms with Crippen LogP contribution in [0.4, 0.5) is 16.4 Å². The van der Waals surface area contributed by atoms with Gasteiger partial charge in [0.05, 0.1) is 37.3 Å². The number of thiophene rings is 1. The van der Waals surface area contributed by atoms with Crippen molar-refractivity contribution < 1.29 is 18.9 Å². The second kappa shape index (κ2) is 8.94. The summed E-state index contributed by atoms with van der Waals surface area (Å²) in [5.74, 6) is -0.408. The first-order valence-electron chi connectivity index (χ1n) is 9.47. The molecule has 4 rings (SSSR count). The highest BCUT2D eigenvalue weighted by Crippen LogP contribution is 2.32. The molecule has 158 valence electrons. The number of thiocarbonyl (C=S) groups is 1. The van der Waals surface area contributed by atoms with Crippen LogP contribution in [0.2, 0.25) is 0 Å². The largest absolute Gasteiger partial charge is 0.465 e. The first-order chi connectivity index (χ1) is 14.6. The zero-order valence-corrected chi connectivity index (χ0v) is 18.2. The van der Waals surface area contributed by atoms with Crippen molar-refractivity contribution in [2.75, 3.05) is 48.9 Å². The SMILES string of the molecule is CCc1cc(C(=O)OC)c(NC(=S)Nc2ccc(N3CCOCC3)c3nonc23)s1. The van der Waals surface area contributed by atoms with Crippen molar-refractivity contribution in [1.29, 1.82) is 0 Å². The molecule has 1 saturated heterocycles. The van der Waals surface area contributed by atoms with Crippen molar-refractivity contribution in [3.8, 4) is 0 Å². The summed E-state index contributed by atoms with van der Waals surface area (Å²) in [6.45, 7) is 4.93. The number of aryl methyl sites for hydroxylation is 1. The highest BCUT2D eigenvalue weighted by Gasteiger charge is 2.20. The summed E-state index contributed by atoms with van der Waals surface area (Å²) in [5, 5.41) is 15.3. The number of benzene rings is 1. The minimum absolute atomic E-state index is 0.327. The third-order valence-electron chi connectivity index (χ3n) is 4.76. The van der Waals surface area contributed by atoms with Crippen LogP contribution >= 0.6 is 23.6 Å². The summed E-state index contributed by atoms with van der Waals surface area (Å²) < 4.78 is 15.3. The number of nitrogens with zero attached hydrogens (tertiary/aromatic N) is 3. The van der Waals surface area contributed by atoms with Crippen molar-refractivity contribution in [1.82, 2.24) is 10.3 Å². The molecule has 2 aromatic heterocycles. The number of fused-ring (bicyclic) bond motifs is 1. The molecule has 0 aliphatic carbocycles. The highest BCUT2D eigenvalue weighted by molar-refractivity contribution is 7.80. The summed E-state index contributed by atoms with van der Waals surface area (Å²) in [7, 11) is 1.36. The van der Waals surface area contributed by atoms with Crippen LogP contribution in [0.3, 0.4) is 0 Å². The fraction of sp³-hybridized carbons (Fsp3) is 0.368. The molecule has 0 spiro atoms. The number of nitrogens with one attached hydrogen (secondary N) is 2. The van der Waals surface area contributed by atoms with Gasteiger partial charge in [-0.1, -0.05) is 6.92 Å². The Kier molecular flexibility index (Phi) is 6.11. The Morgan fingerprint density at radius 1 is 1.27 bits per heavy atom. The molecule has 1 aromatic carbocycles. The van der Waals surface area contributed by atoms with Crippen molar-refractivity contribution in [3.05, 3.63) is 28.6 Å². The number of hydrogen-bond donors (Lipinski definition) is 2. The molecule has 0 bridgehead atoms. The zero-order chi connectivity index (χ0) is 21.1. The van der Waals surface area contributed by atoms with E-state index in [1.807, 2.05) is 25.1 Å². The van der Waals surface area contributed by atoms with Crippen LogP contribution < -0.4 is 15.5 Å². The maximum Gasteiger partial charge on any atom is 0.340 e. The standard InChI is InChI=1S/C19H21N5O4S2/c1-3-11-10-12(18(25)26-2)17(30-11)21-19(29)20-13-4-5-14(16-15(13)22-28-23-16)24-6-8-27-9-7-24/h4-5,10H,3,6-9H2,1-2H3,(H2,20,21,29). The van der Waals surface area contributed by atoms with Crippen LogP contribution in [0.1, 0.15) is 22.2 Å². The first kappa shape index (κ1) is 20.5. The average Bonchev–Trinajstić information content (AvgIpc) is 3.41. The number of carbonyl (C=O) groups excluding carboxylic acids is 1. The van der Waals surface area contributed by atoms with Gasteiger partial charge in [-0.3, -0.25) is 0 Å². The molecule has 9 nitrogen and oxygen atoms in total. The molecular formula is C19H21N5O4S2. The Morgan fingerprint density at radius 3 is 2.77 bits per heavy atom. The van der Waals surface area contributed by atoms with Gasteiger partial charge in [-0.25, -0.2) is 9.42 Å². The van der Waals surface area contributed by atoms with Gasteiger partial charge in [-0.05, 0) is 47.2 Å². The molecule has 0 radical (unpaired) electrons. The van der Waals surface area contributed by atoms with Gasteiger partial charge in [0.25, 0.3) is 0 Å². The molecule has 1 aliphatic rings. The monoisotopic (exact) mass is 447 g/mol. The number of carbonyl (C=O) groups is 1. The van der Waals surface area contributed by atoms with Crippen molar-refractivity contribution in [2.45, 2.75) is 13.3 Å². The van der Waals surface area contributed by atoms with Gasteiger partial charge in [-0.15, -0.1) is 11.3 Å². The van der Waals surface area contributed by atoms with E-state index in [0.29, 0.717) is 45.6 Å². The maximum atomic E-state index is 12.1. The Balaban J connectivity index is 1.55. The van der Waals surface area contributed by atoms with Crippen LogP contribution in [-0.4, -0.2) is 54.8 Å². The predicted octanol–water partition coefficient (Wildman–Crippen LogP) is 3.28. The molecule has 0 atom stereocenters. The smallest absolute Gasteiger partial charge is 0.340 e. The number of anilines is 3. The number of aromatic nitrogens is 2. The van der Waals surface area contributed by atoms with Crippen molar-refractivity contribution in [2.24, 2.45) is 0 Å². The third kappa shape index (κ3) is 4.09.